The molecule has 0 bridgehead atoms. The predicted molar refractivity (Wildman–Crippen MR) is 113 cm³/mol. The molecule has 0 spiro atoms. The summed E-state index contributed by atoms with van der Waals surface area (Å²) in [5, 5.41) is 11.1. The summed E-state index contributed by atoms with van der Waals surface area (Å²) in [5.74, 6) is 1.91. The van der Waals surface area contributed by atoms with E-state index in [2.05, 4.69) is 18.4 Å². The van der Waals surface area contributed by atoms with E-state index in [4.69, 9.17) is 21.3 Å². The quantitative estimate of drug-likeness (QED) is 0.571. The second-order valence-electron chi connectivity index (χ2n) is 6.78. The van der Waals surface area contributed by atoms with Crippen LogP contribution in [0.3, 0.4) is 0 Å². The van der Waals surface area contributed by atoms with Gasteiger partial charge in [-0.25, -0.2) is 4.98 Å². The minimum Gasteiger partial charge on any atom is -0.489 e. The van der Waals surface area contributed by atoms with Gasteiger partial charge in [0, 0.05) is 5.92 Å². The molecule has 3 rings (SSSR count). The molecular weight excluding hydrogens is 383 g/mol. The van der Waals surface area contributed by atoms with Gasteiger partial charge in [-0.05, 0) is 43.2 Å². The first-order valence-corrected chi connectivity index (χ1v) is 9.39. The van der Waals surface area contributed by atoms with Crippen LogP contribution in [0.25, 0.3) is 11.0 Å². The Morgan fingerprint density at radius 3 is 2.67 bits per heavy atom. The summed E-state index contributed by atoms with van der Waals surface area (Å²) in [6, 6.07) is 13.7. The summed E-state index contributed by atoms with van der Waals surface area (Å²) in [4.78, 5) is 4.77. The number of aromatic nitrogens is 2. The fourth-order valence-corrected chi connectivity index (χ4v) is 3.31. The topological polar surface area (TPSA) is 47.3 Å². The van der Waals surface area contributed by atoms with Gasteiger partial charge in [-0.3, -0.25) is 0 Å². The maximum atomic E-state index is 10.5. The molecule has 3 aromatic rings. The Hall–Kier alpha value is -1.75. The summed E-state index contributed by atoms with van der Waals surface area (Å²) >= 11 is 6.20. The molecule has 0 aliphatic heterocycles. The summed E-state index contributed by atoms with van der Waals surface area (Å²) in [5.41, 5.74) is 3.07. The number of nitrogens with zero attached hydrogens (tertiary/aromatic N) is 2. The monoisotopic (exact) mass is 408 g/mol. The Kier molecular flexibility index (Phi) is 7.54. The van der Waals surface area contributed by atoms with E-state index in [1.54, 1.807) is 0 Å². The number of para-hydroxylation sites is 2. The van der Waals surface area contributed by atoms with Gasteiger partial charge in [-0.1, -0.05) is 43.6 Å². The number of imidazole rings is 1. The first-order valence-electron chi connectivity index (χ1n) is 9.01. The lowest BCUT2D eigenvalue weighted by Gasteiger charge is -2.18. The van der Waals surface area contributed by atoms with Gasteiger partial charge in [0.1, 0.15) is 24.3 Å². The van der Waals surface area contributed by atoms with Crippen molar-refractivity contribution in [1.82, 2.24) is 9.55 Å². The molecule has 0 radical (unpaired) electrons. The molecule has 0 fully saturated rings. The molecule has 0 saturated carbocycles. The third kappa shape index (κ3) is 4.95. The van der Waals surface area contributed by atoms with Crippen molar-refractivity contribution >= 4 is 35.0 Å². The fraction of sp³-hybridized carbons (Fsp3) is 0.381. The van der Waals surface area contributed by atoms with Gasteiger partial charge in [-0.15, -0.1) is 12.4 Å². The maximum Gasteiger partial charge on any atom is 0.138 e. The lowest BCUT2D eigenvalue weighted by atomic mass is 10.1. The van der Waals surface area contributed by atoms with Crippen LogP contribution in [0.4, 0.5) is 0 Å². The van der Waals surface area contributed by atoms with Crippen LogP contribution in [0.5, 0.6) is 5.75 Å². The minimum absolute atomic E-state index is 0. The highest BCUT2D eigenvalue weighted by molar-refractivity contribution is 6.32. The first kappa shape index (κ1) is 21.5. The highest BCUT2D eigenvalue weighted by Crippen LogP contribution is 2.26. The summed E-state index contributed by atoms with van der Waals surface area (Å²) < 4.78 is 7.83. The second-order valence-corrected chi connectivity index (χ2v) is 7.18. The van der Waals surface area contributed by atoms with Crippen molar-refractivity contribution in [1.29, 1.82) is 0 Å². The van der Waals surface area contributed by atoms with E-state index >= 15 is 0 Å². The first-order chi connectivity index (χ1) is 12.5. The number of ether oxygens (including phenoxy) is 1. The number of hydrogen-bond acceptors (Lipinski definition) is 3. The molecule has 27 heavy (non-hydrogen) atoms. The van der Waals surface area contributed by atoms with Gasteiger partial charge in [-0.2, -0.15) is 0 Å². The van der Waals surface area contributed by atoms with E-state index in [1.807, 2.05) is 49.4 Å². The number of halogens is 2. The molecule has 146 valence electrons. The van der Waals surface area contributed by atoms with Crippen molar-refractivity contribution in [3.63, 3.8) is 0 Å². The number of rotatable bonds is 7. The maximum absolute atomic E-state index is 10.5. The zero-order valence-electron chi connectivity index (χ0n) is 15.9. The molecule has 6 heteroatoms. The predicted octanol–water partition coefficient (Wildman–Crippen LogP) is 5.37. The molecular formula is C21H26Cl2N2O2. The third-order valence-corrected chi connectivity index (χ3v) is 4.94. The zero-order chi connectivity index (χ0) is 18.7. The average molecular weight is 409 g/mol. The van der Waals surface area contributed by atoms with E-state index in [1.165, 1.54) is 0 Å². The molecule has 0 aliphatic carbocycles. The molecule has 0 amide bonds. The molecule has 2 unspecified atom stereocenters. The van der Waals surface area contributed by atoms with Gasteiger partial charge in [0.25, 0.3) is 0 Å². The van der Waals surface area contributed by atoms with Gasteiger partial charge in [0.2, 0.25) is 0 Å². The summed E-state index contributed by atoms with van der Waals surface area (Å²) in [6.45, 7) is 6.89. The van der Waals surface area contributed by atoms with Crippen LogP contribution in [0, 0.1) is 6.92 Å². The van der Waals surface area contributed by atoms with Crippen molar-refractivity contribution in [2.24, 2.45) is 0 Å². The number of aliphatic hydroxyl groups excluding tert-OH is 1. The molecule has 4 nitrogen and oxygen atoms in total. The largest absolute Gasteiger partial charge is 0.489 e. The highest BCUT2D eigenvalue weighted by atomic mass is 35.5. The lowest BCUT2D eigenvalue weighted by molar-refractivity contribution is 0.0925. The Morgan fingerprint density at radius 2 is 1.96 bits per heavy atom. The molecule has 2 aromatic carbocycles. The van der Waals surface area contributed by atoms with Crippen LogP contribution < -0.4 is 4.74 Å². The van der Waals surface area contributed by atoms with Gasteiger partial charge in [0.05, 0.1) is 22.6 Å². The summed E-state index contributed by atoms with van der Waals surface area (Å²) in [7, 11) is 0. The average Bonchev–Trinajstić information content (AvgIpc) is 2.99. The number of aliphatic hydroxyl groups is 1. The standard InChI is InChI=1S/C21H25ClN2O2.ClH/c1-4-15(3)21-23-18-7-5-6-8-19(18)24(21)12-16(25)13-26-20-10-9-14(2)11-17(20)22;/h5-11,15-16,25H,4,12-13H2,1-3H3;1H. The molecule has 1 aromatic heterocycles. The zero-order valence-corrected chi connectivity index (χ0v) is 17.4. The second kappa shape index (κ2) is 9.45. The van der Waals surface area contributed by atoms with E-state index < -0.39 is 6.10 Å². The summed E-state index contributed by atoms with van der Waals surface area (Å²) in [6.07, 6.45) is 0.335. The minimum atomic E-state index is -0.659. The van der Waals surface area contributed by atoms with E-state index in [-0.39, 0.29) is 19.0 Å². The lowest BCUT2D eigenvalue weighted by Crippen LogP contribution is -2.25. The van der Waals surface area contributed by atoms with Crippen LogP contribution in [-0.4, -0.2) is 27.4 Å². The SMILES string of the molecule is CCC(C)c1nc2ccccc2n1CC(O)COc1ccc(C)cc1Cl.Cl. The smallest absolute Gasteiger partial charge is 0.138 e. The Bertz CT molecular complexity index is 895. The van der Waals surface area contributed by atoms with Crippen molar-refractivity contribution in [3.8, 4) is 5.75 Å². The van der Waals surface area contributed by atoms with Crippen molar-refractivity contribution < 1.29 is 9.84 Å². The van der Waals surface area contributed by atoms with Crippen molar-refractivity contribution in [2.75, 3.05) is 6.61 Å². The molecule has 2 atom stereocenters. The van der Waals surface area contributed by atoms with Gasteiger partial charge < -0.3 is 14.4 Å². The molecule has 0 aliphatic rings. The number of fused-ring (bicyclic) bond motifs is 1. The van der Waals surface area contributed by atoms with E-state index in [0.29, 0.717) is 23.2 Å². The normalized spacial score (nSPS) is 13.2. The molecule has 1 N–H and O–H groups in total. The Labute approximate surface area is 171 Å². The van der Waals surface area contributed by atoms with Gasteiger partial charge >= 0.3 is 0 Å². The number of benzene rings is 2. The van der Waals surface area contributed by atoms with Crippen LogP contribution in [0.15, 0.2) is 42.5 Å². The fourth-order valence-electron chi connectivity index (χ4n) is 3.02. The van der Waals surface area contributed by atoms with E-state index in [9.17, 15) is 5.11 Å². The Morgan fingerprint density at radius 1 is 1.22 bits per heavy atom. The number of hydrogen-bond donors (Lipinski definition) is 1. The van der Waals surface area contributed by atoms with Crippen LogP contribution in [0.2, 0.25) is 5.02 Å². The molecule has 0 saturated heterocycles. The van der Waals surface area contributed by atoms with Crippen LogP contribution in [-0.2, 0) is 6.54 Å². The van der Waals surface area contributed by atoms with E-state index in [0.717, 1.165) is 28.8 Å². The Balaban J connectivity index is 0.00000261. The molecule has 1 heterocycles. The van der Waals surface area contributed by atoms with Gasteiger partial charge in [0.15, 0.2) is 0 Å². The third-order valence-electron chi connectivity index (χ3n) is 4.65. The van der Waals surface area contributed by atoms with Crippen LogP contribution >= 0.6 is 24.0 Å². The highest BCUT2D eigenvalue weighted by Gasteiger charge is 2.18. The van der Waals surface area contributed by atoms with Crippen molar-refractivity contribution in [3.05, 3.63) is 58.9 Å². The van der Waals surface area contributed by atoms with Crippen molar-refractivity contribution in [2.45, 2.75) is 45.8 Å². The van der Waals surface area contributed by atoms with Crippen LogP contribution in [0.1, 0.15) is 37.6 Å². The number of aryl methyl sites for hydroxylation is 1.